The number of β-amino-alcohol motifs (C(OH)–C–C–N with tert-alkyl or cyclic N) is 1. The lowest BCUT2D eigenvalue weighted by atomic mass is 9.98. The first kappa shape index (κ1) is 14.6. The Hall–Kier alpha value is -0.820. The van der Waals surface area contributed by atoms with Crippen LogP contribution in [0.2, 0.25) is 5.02 Å². The zero-order chi connectivity index (χ0) is 14.2. The maximum Gasteiger partial charge on any atom is 0.243 e. The summed E-state index contributed by atoms with van der Waals surface area (Å²) in [6.45, 7) is 2.43. The van der Waals surface area contributed by atoms with Gasteiger partial charge in [0.1, 0.15) is 0 Å². The number of nitrogens with zero attached hydrogens (tertiary/aromatic N) is 1. The van der Waals surface area contributed by atoms with Gasteiger partial charge in [0.25, 0.3) is 0 Å². The fourth-order valence-electron chi connectivity index (χ4n) is 2.07. The van der Waals surface area contributed by atoms with Crippen molar-refractivity contribution in [2.24, 2.45) is 5.92 Å². The van der Waals surface area contributed by atoms with E-state index >= 15 is 0 Å². The number of hydrogen-bond donors (Lipinski definition) is 2. The number of rotatable bonds is 2. The fraction of sp³-hybridized carbons (Fsp3) is 0.500. The largest absolute Gasteiger partial charge is 0.397 e. The van der Waals surface area contributed by atoms with Gasteiger partial charge in [0.15, 0.2) is 0 Å². The van der Waals surface area contributed by atoms with E-state index in [0.717, 1.165) is 0 Å². The van der Waals surface area contributed by atoms with Gasteiger partial charge in [0.05, 0.1) is 21.7 Å². The second-order valence-corrected chi connectivity index (χ2v) is 7.22. The fourth-order valence-corrected chi connectivity index (χ4v) is 3.70. The lowest BCUT2D eigenvalue weighted by Gasteiger charge is -2.33. The monoisotopic (exact) mass is 304 g/mol. The molecule has 0 aromatic heterocycles. The summed E-state index contributed by atoms with van der Waals surface area (Å²) in [5.74, 6) is 0.113. The molecule has 1 saturated heterocycles. The Morgan fingerprint density at radius 1 is 1.47 bits per heavy atom. The molecule has 2 rings (SSSR count). The Balaban J connectivity index is 2.29. The summed E-state index contributed by atoms with van der Waals surface area (Å²) >= 11 is 5.79. The maximum absolute atomic E-state index is 12.4. The molecule has 1 heterocycles. The Labute approximate surface area is 118 Å². The van der Waals surface area contributed by atoms with Crippen LogP contribution in [0.25, 0.3) is 0 Å². The molecule has 3 N–H and O–H groups in total. The Bertz CT molecular complexity index is 576. The number of halogens is 1. The molecule has 19 heavy (non-hydrogen) atoms. The highest BCUT2D eigenvalue weighted by molar-refractivity contribution is 7.89. The number of aliphatic hydroxyl groups is 1. The molecule has 0 radical (unpaired) electrons. The van der Waals surface area contributed by atoms with E-state index in [1.165, 1.54) is 22.5 Å². The Kier molecular flexibility index (Phi) is 4.06. The standard InChI is InChI=1S/C12H17ClN2O3S/c1-8-4-5-15(7-12(8)16)19(17,18)9-2-3-10(13)11(14)6-9/h2-3,6,8,12,16H,4-5,7,14H2,1H3. The Morgan fingerprint density at radius 3 is 2.74 bits per heavy atom. The quantitative estimate of drug-likeness (QED) is 0.807. The van der Waals surface area contributed by atoms with Gasteiger partial charge < -0.3 is 10.8 Å². The topological polar surface area (TPSA) is 83.6 Å². The van der Waals surface area contributed by atoms with Gasteiger partial charge in [-0.1, -0.05) is 18.5 Å². The number of aliphatic hydroxyl groups excluding tert-OH is 1. The van der Waals surface area contributed by atoms with Gasteiger partial charge in [0, 0.05) is 13.1 Å². The smallest absolute Gasteiger partial charge is 0.243 e. The molecular weight excluding hydrogens is 288 g/mol. The summed E-state index contributed by atoms with van der Waals surface area (Å²) in [5.41, 5.74) is 5.86. The summed E-state index contributed by atoms with van der Waals surface area (Å²) in [6, 6.07) is 4.24. The van der Waals surface area contributed by atoms with E-state index < -0.39 is 16.1 Å². The minimum absolute atomic E-state index is 0.108. The summed E-state index contributed by atoms with van der Waals surface area (Å²) < 4.78 is 26.1. The predicted molar refractivity (Wildman–Crippen MR) is 74.4 cm³/mol. The minimum atomic E-state index is -3.62. The van der Waals surface area contributed by atoms with Gasteiger partial charge in [-0.25, -0.2) is 8.42 Å². The van der Waals surface area contributed by atoms with E-state index in [1.54, 1.807) is 0 Å². The number of hydrogen-bond acceptors (Lipinski definition) is 4. The molecule has 2 unspecified atom stereocenters. The Morgan fingerprint density at radius 2 is 2.16 bits per heavy atom. The van der Waals surface area contributed by atoms with Crippen molar-refractivity contribution in [3.8, 4) is 0 Å². The zero-order valence-corrected chi connectivity index (χ0v) is 12.2. The number of nitrogens with two attached hydrogens (primary N) is 1. The van der Waals surface area contributed by atoms with Crippen LogP contribution in [0.5, 0.6) is 0 Å². The first-order valence-electron chi connectivity index (χ1n) is 6.05. The van der Waals surface area contributed by atoms with Crippen LogP contribution >= 0.6 is 11.6 Å². The minimum Gasteiger partial charge on any atom is -0.397 e. The molecule has 1 aliphatic heterocycles. The van der Waals surface area contributed by atoms with Crippen molar-refractivity contribution in [3.05, 3.63) is 23.2 Å². The lowest BCUT2D eigenvalue weighted by Crippen LogP contribution is -2.45. The number of sulfonamides is 1. The molecule has 7 heteroatoms. The molecule has 5 nitrogen and oxygen atoms in total. The summed E-state index contributed by atoms with van der Waals surface area (Å²) in [6.07, 6.45) is 0.0110. The summed E-state index contributed by atoms with van der Waals surface area (Å²) in [5, 5.41) is 10.1. The van der Waals surface area contributed by atoms with E-state index in [-0.39, 0.29) is 23.0 Å². The van der Waals surface area contributed by atoms with Crippen LogP contribution in [0.1, 0.15) is 13.3 Å². The molecule has 1 aliphatic rings. The van der Waals surface area contributed by atoms with Gasteiger partial charge in [0.2, 0.25) is 10.0 Å². The van der Waals surface area contributed by atoms with E-state index in [2.05, 4.69) is 0 Å². The van der Waals surface area contributed by atoms with E-state index in [0.29, 0.717) is 18.0 Å². The highest BCUT2D eigenvalue weighted by atomic mass is 35.5. The second kappa shape index (κ2) is 5.28. The van der Waals surface area contributed by atoms with Gasteiger partial charge in [-0.05, 0) is 30.5 Å². The third-order valence-electron chi connectivity index (χ3n) is 3.49. The molecule has 0 saturated carbocycles. The first-order valence-corrected chi connectivity index (χ1v) is 7.87. The van der Waals surface area contributed by atoms with Crippen molar-refractivity contribution < 1.29 is 13.5 Å². The highest BCUT2D eigenvalue weighted by Gasteiger charge is 2.32. The normalized spacial score (nSPS) is 25.4. The van der Waals surface area contributed by atoms with Crippen LogP contribution < -0.4 is 5.73 Å². The second-order valence-electron chi connectivity index (χ2n) is 4.88. The van der Waals surface area contributed by atoms with E-state index in [9.17, 15) is 13.5 Å². The van der Waals surface area contributed by atoms with Crippen molar-refractivity contribution in [1.82, 2.24) is 4.31 Å². The van der Waals surface area contributed by atoms with E-state index in [1.807, 2.05) is 6.92 Å². The SMILES string of the molecule is CC1CCN(S(=O)(=O)c2ccc(Cl)c(N)c2)CC1O. The van der Waals surface area contributed by atoms with Gasteiger partial charge >= 0.3 is 0 Å². The molecule has 1 fully saturated rings. The van der Waals surface area contributed by atoms with Crippen LogP contribution in [0.15, 0.2) is 23.1 Å². The predicted octanol–water partition coefficient (Wildman–Crippen LogP) is 1.31. The third kappa shape index (κ3) is 2.86. The maximum atomic E-state index is 12.4. The summed E-state index contributed by atoms with van der Waals surface area (Å²) in [7, 11) is -3.62. The number of anilines is 1. The number of benzene rings is 1. The highest BCUT2D eigenvalue weighted by Crippen LogP contribution is 2.27. The lowest BCUT2D eigenvalue weighted by molar-refractivity contribution is 0.0605. The van der Waals surface area contributed by atoms with Gasteiger partial charge in [-0.3, -0.25) is 0 Å². The molecule has 106 valence electrons. The molecule has 0 amide bonds. The summed E-state index contributed by atoms with van der Waals surface area (Å²) in [4.78, 5) is 0.108. The third-order valence-corrected chi connectivity index (χ3v) is 5.69. The molecule has 0 spiro atoms. The first-order chi connectivity index (χ1) is 8.82. The average Bonchev–Trinajstić information content (AvgIpc) is 2.35. The molecular formula is C12H17ClN2O3S. The molecule has 2 atom stereocenters. The van der Waals surface area contributed by atoms with Crippen molar-refractivity contribution in [3.63, 3.8) is 0 Å². The average molecular weight is 305 g/mol. The van der Waals surface area contributed by atoms with Crippen LogP contribution in [0, 0.1) is 5.92 Å². The van der Waals surface area contributed by atoms with Gasteiger partial charge in [-0.15, -0.1) is 0 Å². The van der Waals surface area contributed by atoms with Crippen molar-refractivity contribution >= 4 is 27.3 Å². The molecule has 0 bridgehead atoms. The number of piperidine rings is 1. The van der Waals surface area contributed by atoms with Crippen LogP contribution in [-0.2, 0) is 10.0 Å². The van der Waals surface area contributed by atoms with Crippen molar-refractivity contribution in [2.75, 3.05) is 18.8 Å². The van der Waals surface area contributed by atoms with Crippen LogP contribution in [0.3, 0.4) is 0 Å². The van der Waals surface area contributed by atoms with Crippen LogP contribution in [-0.4, -0.2) is 37.0 Å². The molecule has 1 aromatic rings. The molecule has 0 aliphatic carbocycles. The van der Waals surface area contributed by atoms with E-state index in [4.69, 9.17) is 17.3 Å². The zero-order valence-electron chi connectivity index (χ0n) is 10.6. The number of nitrogen functional groups attached to an aromatic ring is 1. The molecule has 1 aromatic carbocycles. The van der Waals surface area contributed by atoms with Gasteiger partial charge in [-0.2, -0.15) is 4.31 Å². The van der Waals surface area contributed by atoms with Crippen molar-refractivity contribution in [1.29, 1.82) is 0 Å². The van der Waals surface area contributed by atoms with Crippen molar-refractivity contribution in [2.45, 2.75) is 24.3 Å². The van der Waals surface area contributed by atoms with Crippen LogP contribution in [0.4, 0.5) is 5.69 Å².